The van der Waals surface area contributed by atoms with E-state index in [4.69, 9.17) is 14.6 Å². The van der Waals surface area contributed by atoms with Crippen molar-refractivity contribution in [3.63, 3.8) is 0 Å². The molecule has 1 aromatic heterocycles. The number of nitrogens with zero attached hydrogens (tertiary/aromatic N) is 3. The van der Waals surface area contributed by atoms with Crippen molar-refractivity contribution in [2.75, 3.05) is 7.11 Å². The highest BCUT2D eigenvalue weighted by Crippen LogP contribution is 2.37. The number of hydrogen-bond donors (Lipinski definition) is 0. The minimum atomic E-state index is -0.823. The molecule has 0 unspecified atom stereocenters. The minimum absolute atomic E-state index is 0.0823. The molecule has 4 aromatic rings. The van der Waals surface area contributed by atoms with Gasteiger partial charge in [-0.3, -0.25) is 4.79 Å². The number of benzene rings is 3. The van der Waals surface area contributed by atoms with Crippen molar-refractivity contribution in [3.8, 4) is 23.1 Å². The molecule has 1 heterocycles. The SMILES string of the molecule is CCc1nn(-c2ccccc2)c(Oc2ccc(F)cc2F)c1CN(C(=O)c1cccc(OC)c1)C1CC1. The molecule has 1 fully saturated rings. The molecule has 1 amide bonds. The highest BCUT2D eigenvalue weighted by molar-refractivity contribution is 5.95. The molecule has 0 spiro atoms. The lowest BCUT2D eigenvalue weighted by Gasteiger charge is -2.23. The maximum Gasteiger partial charge on any atom is 0.254 e. The van der Waals surface area contributed by atoms with Crippen LogP contribution in [0.3, 0.4) is 0 Å². The molecule has 0 aliphatic heterocycles. The van der Waals surface area contributed by atoms with E-state index in [2.05, 4.69) is 0 Å². The van der Waals surface area contributed by atoms with Gasteiger partial charge < -0.3 is 14.4 Å². The topological polar surface area (TPSA) is 56.6 Å². The lowest BCUT2D eigenvalue weighted by Crippen LogP contribution is -2.33. The second-order valence-electron chi connectivity index (χ2n) is 8.90. The summed E-state index contributed by atoms with van der Waals surface area (Å²) >= 11 is 0. The van der Waals surface area contributed by atoms with Gasteiger partial charge in [-0.1, -0.05) is 31.2 Å². The van der Waals surface area contributed by atoms with Gasteiger partial charge in [0.1, 0.15) is 11.6 Å². The van der Waals surface area contributed by atoms with Gasteiger partial charge in [0, 0.05) is 17.7 Å². The molecule has 1 aliphatic rings. The van der Waals surface area contributed by atoms with Crippen molar-refractivity contribution in [2.24, 2.45) is 0 Å². The summed E-state index contributed by atoms with van der Waals surface area (Å²) in [7, 11) is 1.56. The zero-order valence-corrected chi connectivity index (χ0v) is 20.7. The summed E-state index contributed by atoms with van der Waals surface area (Å²) in [6, 6.07) is 19.7. The molecule has 37 heavy (non-hydrogen) atoms. The van der Waals surface area contributed by atoms with Crippen molar-refractivity contribution in [2.45, 2.75) is 38.8 Å². The molecule has 1 saturated carbocycles. The predicted octanol–water partition coefficient (Wildman–Crippen LogP) is 6.32. The van der Waals surface area contributed by atoms with Crippen LogP contribution in [0.2, 0.25) is 0 Å². The van der Waals surface area contributed by atoms with Crippen LogP contribution in [0.1, 0.15) is 41.4 Å². The van der Waals surface area contributed by atoms with Crippen molar-refractivity contribution in [3.05, 3.63) is 101 Å². The van der Waals surface area contributed by atoms with E-state index in [9.17, 15) is 13.6 Å². The minimum Gasteiger partial charge on any atom is -0.497 e. The predicted molar refractivity (Wildman–Crippen MR) is 135 cm³/mol. The molecule has 0 N–H and O–H groups in total. The molecule has 6 nitrogen and oxygen atoms in total. The van der Waals surface area contributed by atoms with E-state index < -0.39 is 11.6 Å². The summed E-state index contributed by atoms with van der Waals surface area (Å²) in [6.07, 6.45) is 2.36. The number of para-hydroxylation sites is 1. The maximum atomic E-state index is 14.6. The average Bonchev–Trinajstić information content (AvgIpc) is 3.71. The summed E-state index contributed by atoms with van der Waals surface area (Å²) in [5.74, 6) is -0.883. The molecule has 8 heteroatoms. The fraction of sp³-hybridized carbons (Fsp3) is 0.241. The molecular weight excluding hydrogens is 476 g/mol. The number of hydrogen-bond acceptors (Lipinski definition) is 4. The normalized spacial score (nSPS) is 12.9. The maximum absolute atomic E-state index is 14.6. The number of aryl methyl sites for hydroxylation is 1. The van der Waals surface area contributed by atoms with Crippen LogP contribution in [0.4, 0.5) is 8.78 Å². The Bertz CT molecular complexity index is 1420. The smallest absolute Gasteiger partial charge is 0.254 e. The van der Waals surface area contributed by atoms with Crippen LogP contribution in [0, 0.1) is 11.6 Å². The van der Waals surface area contributed by atoms with Gasteiger partial charge >= 0.3 is 0 Å². The van der Waals surface area contributed by atoms with Crippen LogP contribution < -0.4 is 9.47 Å². The summed E-state index contributed by atoms with van der Waals surface area (Å²) < 4.78 is 41.2. The molecule has 0 bridgehead atoms. The molecule has 3 aromatic carbocycles. The summed E-state index contributed by atoms with van der Waals surface area (Å²) in [4.78, 5) is 15.5. The third-order valence-electron chi connectivity index (χ3n) is 6.35. The van der Waals surface area contributed by atoms with Crippen molar-refractivity contribution < 1.29 is 23.0 Å². The van der Waals surface area contributed by atoms with Crippen LogP contribution in [-0.2, 0) is 13.0 Å². The van der Waals surface area contributed by atoms with Crippen LogP contribution in [0.5, 0.6) is 17.4 Å². The number of ether oxygens (including phenoxy) is 2. The number of carbonyl (C=O) groups is 1. The molecule has 1 aliphatic carbocycles. The zero-order chi connectivity index (χ0) is 25.9. The Morgan fingerprint density at radius 1 is 1.05 bits per heavy atom. The molecule has 190 valence electrons. The third kappa shape index (κ3) is 5.18. The van der Waals surface area contributed by atoms with E-state index in [1.807, 2.05) is 42.2 Å². The largest absolute Gasteiger partial charge is 0.497 e. The number of amides is 1. The molecule has 0 saturated heterocycles. The Morgan fingerprint density at radius 2 is 1.84 bits per heavy atom. The van der Waals surface area contributed by atoms with Crippen molar-refractivity contribution in [1.29, 1.82) is 0 Å². The second-order valence-corrected chi connectivity index (χ2v) is 8.90. The Kier molecular flexibility index (Phi) is 6.90. The van der Waals surface area contributed by atoms with E-state index in [0.29, 0.717) is 23.3 Å². The summed E-state index contributed by atoms with van der Waals surface area (Å²) in [5.41, 5.74) is 2.65. The lowest BCUT2D eigenvalue weighted by atomic mass is 10.1. The fourth-order valence-electron chi connectivity index (χ4n) is 4.28. The van der Waals surface area contributed by atoms with Gasteiger partial charge in [0.25, 0.3) is 5.91 Å². The highest BCUT2D eigenvalue weighted by atomic mass is 19.1. The van der Waals surface area contributed by atoms with Gasteiger partial charge in [0.05, 0.1) is 30.6 Å². The Morgan fingerprint density at radius 3 is 2.51 bits per heavy atom. The lowest BCUT2D eigenvalue weighted by molar-refractivity contribution is 0.0728. The third-order valence-corrected chi connectivity index (χ3v) is 6.35. The molecule has 0 radical (unpaired) electrons. The monoisotopic (exact) mass is 503 g/mol. The fourth-order valence-corrected chi connectivity index (χ4v) is 4.28. The Balaban J connectivity index is 1.58. The van der Waals surface area contributed by atoms with Crippen molar-refractivity contribution in [1.82, 2.24) is 14.7 Å². The van der Waals surface area contributed by atoms with E-state index >= 15 is 0 Å². The Hall–Kier alpha value is -4.20. The molecular formula is C29H27F2N3O3. The number of rotatable bonds is 9. The number of halogens is 2. The van der Waals surface area contributed by atoms with E-state index in [1.54, 1.807) is 36.1 Å². The van der Waals surface area contributed by atoms with Gasteiger partial charge in [-0.05, 0) is 61.7 Å². The molecule has 0 atom stereocenters. The first-order chi connectivity index (χ1) is 18.0. The number of carbonyl (C=O) groups excluding carboxylic acids is 1. The molecule has 5 rings (SSSR count). The van der Waals surface area contributed by atoms with Gasteiger partial charge in [-0.25, -0.2) is 13.5 Å². The van der Waals surface area contributed by atoms with Crippen LogP contribution >= 0.6 is 0 Å². The highest BCUT2D eigenvalue weighted by Gasteiger charge is 2.35. The number of aromatic nitrogens is 2. The van der Waals surface area contributed by atoms with Crippen LogP contribution in [0.15, 0.2) is 72.8 Å². The van der Waals surface area contributed by atoms with E-state index in [-0.39, 0.29) is 30.1 Å². The van der Waals surface area contributed by atoms with Crippen molar-refractivity contribution >= 4 is 5.91 Å². The average molecular weight is 504 g/mol. The first-order valence-corrected chi connectivity index (χ1v) is 12.2. The van der Waals surface area contributed by atoms with Gasteiger partial charge in [-0.15, -0.1) is 0 Å². The van der Waals surface area contributed by atoms with Crippen LogP contribution in [-0.4, -0.2) is 33.7 Å². The first-order valence-electron chi connectivity index (χ1n) is 12.2. The van der Waals surface area contributed by atoms with Gasteiger partial charge in [0.2, 0.25) is 5.88 Å². The van der Waals surface area contributed by atoms with Crippen LogP contribution in [0.25, 0.3) is 5.69 Å². The summed E-state index contributed by atoms with van der Waals surface area (Å²) in [6.45, 7) is 2.20. The first kappa shape index (κ1) is 24.5. The second kappa shape index (κ2) is 10.4. The van der Waals surface area contributed by atoms with E-state index in [0.717, 1.165) is 36.4 Å². The van der Waals surface area contributed by atoms with Gasteiger partial charge in [-0.2, -0.15) is 5.10 Å². The zero-order valence-electron chi connectivity index (χ0n) is 20.7. The standard InChI is InChI=1S/C29H27F2N3O3/c1-3-26-24(18-33(21-13-14-21)28(35)19-8-7-11-23(16-19)36-2)29(34(32-26)22-9-5-4-6-10-22)37-27-15-12-20(30)17-25(27)31/h4-12,15-17,21H,3,13-14,18H2,1-2H3. The Labute approximate surface area is 214 Å². The summed E-state index contributed by atoms with van der Waals surface area (Å²) in [5, 5.41) is 4.77. The number of methoxy groups -OCH3 is 1. The quantitative estimate of drug-likeness (QED) is 0.268. The van der Waals surface area contributed by atoms with E-state index in [1.165, 1.54) is 6.07 Å². The van der Waals surface area contributed by atoms with Gasteiger partial charge in [0.15, 0.2) is 11.6 Å².